The van der Waals surface area contributed by atoms with Gasteiger partial charge in [0.15, 0.2) is 11.3 Å². The molecule has 0 radical (unpaired) electrons. The average molecular weight is 342 g/mol. The largest absolute Gasteiger partial charge is 0.333 e. The molecular weight excluding hydrogens is 326 g/mol. The lowest BCUT2D eigenvalue weighted by Crippen LogP contribution is -2.36. The fraction of sp³-hybridized carbons (Fsp3) is 0.176. The Bertz CT molecular complexity index is 880. The quantitative estimate of drug-likeness (QED) is 0.634. The van der Waals surface area contributed by atoms with Crippen molar-refractivity contribution < 1.29 is 4.79 Å². The Morgan fingerprint density at radius 3 is 3.04 bits per heavy atom. The van der Waals surface area contributed by atoms with Crippen LogP contribution < -0.4 is 0 Å². The molecule has 122 valence electrons. The molecule has 0 saturated carbocycles. The van der Waals surface area contributed by atoms with Gasteiger partial charge in [0.1, 0.15) is 0 Å². The number of carbonyl (C=O) groups is 1. The maximum absolute atomic E-state index is 12.7. The second-order valence-corrected chi connectivity index (χ2v) is 5.73. The van der Waals surface area contributed by atoms with Gasteiger partial charge >= 0.3 is 0 Å². The van der Waals surface area contributed by atoms with Crippen molar-refractivity contribution in [3.8, 4) is 0 Å². The minimum Gasteiger partial charge on any atom is -0.333 e. The van der Waals surface area contributed by atoms with E-state index < -0.39 is 0 Å². The molecule has 0 aromatic carbocycles. The van der Waals surface area contributed by atoms with Crippen LogP contribution in [-0.2, 0) is 0 Å². The number of hydrogen-bond donors (Lipinski definition) is 0. The van der Waals surface area contributed by atoms with E-state index in [-0.39, 0.29) is 5.91 Å². The first-order chi connectivity index (χ1) is 11.6. The Labute approximate surface area is 144 Å². The molecule has 0 unspecified atom stereocenters. The average Bonchev–Trinajstić information content (AvgIpc) is 3.02. The van der Waals surface area contributed by atoms with Crippen LogP contribution in [0.25, 0.3) is 5.65 Å². The fourth-order valence-corrected chi connectivity index (χ4v) is 2.74. The van der Waals surface area contributed by atoms with Crippen molar-refractivity contribution in [3.63, 3.8) is 0 Å². The Morgan fingerprint density at radius 1 is 1.46 bits per heavy atom. The Kier molecular flexibility index (Phi) is 4.57. The van der Waals surface area contributed by atoms with Crippen molar-refractivity contribution in [1.29, 1.82) is 0 Å². The molecule has 3 heterocycles. The first kappa shape index (κ1) is 16.1. The zero-order valence-electron chi connectivity index (χ0n) is 13.0. The summed E-state index contributed by atoms with van der Waals surface area (Å²) in [5.74, 6) is -0.149. The SMILES string of the molecule is C=C/C=C(\N=C)C1=CCCN(C(=O)c2cc3ncc(Cl)cn3n2)C1. The van der Waals surface area contributed by atoms with E-state index in [0.29, 0.717) is 29.5 Å². The Balaban J connectivity index is 1.84. The summed E-state index contributed by atoms with van der Waals surface area (Å²) in [7, 11) is 0. The second kappa shape index (κ2) is 6.80. The van der Waals surface area contributed by atoms with E-state index in [1.54, 1.807) is 29.3 Å². The van der Waals surface area contributed by atoms with Crippen LogP contribution in [0.2, 0.25) is 5.02 Å². The monoisotopic (exact) mass is 341 g/mol. The van der Waals surface area contributed by atoms with Crippen LogP contribution in [0.3, 0.4) is 0 Å². The van der Waals surface area contributed by atoms with Gasteiger partial charge in [-0.1, -0.05) is 30.3 Å². The highest BCUT2D eigenvalue weighted by Crippen LogP contribution is 2.20. The van der Waals surface area contributed by atoms with Crippen molar-refractivity contribution in [3.05, 3.63) is 65.3 Å². The van der Waals surface area contributed by atoms with E-state index >= 15 is 0 Å². The van der Waals surface area contributed by atoms with E-state index in [4.69, 9.17) is 11.6 Å². The van der Waals surface area contributed by atoms with Crippen LogP contribution in [0.4, 0.5) is 0 Å². The normalized spacial score (nSPS) is 15.3. The number of amides is 1. The molecule has 0 saturated heterocycles. The van der Waals surface area contributed by atoms with Gasteiger partial charge in [0.05, 0.1) is 16.9 Å². The molecule has 1 aliphatic rings. The maximum atomic E-state index is 12.7. The van der Waals surface area contributed by atoms with Gasteiger partial charge in [0.2, 0.25) is 0 Å². The molecule has 0 bridgehead atoms. The van der Waals surface area contributed by atoms with Crippen molar-refractivity contribution in [1.82, 2.24) is 19.5 Å². The topological polar surface area (TPSA) is 62.9 Å². The molecule has 6 nitrogen and oxygen atoms in total. The standard InChI is InChI=1S/C17H16ClN5O/c1-3-5-14(19-2)12-6-4-7-22(10-12)17(24)15-8-16-20-9-13(18)11-23(16)21-15/h3,5-6,8-9,11H,1-2,4,7,10H2/b14-5-. The number of rotatable bonds is 4. The van der Waals surface area contributed by atoms with E-state index in [1.165, 1.54) is 10.7 Å². The number of aliphatic imine (C=N–C) groups is 1. The highest BCUT2D eigenvalue weighted by Gasteiger charge is 2.23. The fourth-order valence-electron chi connectivity index (χ4n) is 2.60. The van der Waals surface area contributed by atoms with Gasteiger partial charge < -0.3 is 4.90 Å². The molecule has 0 aliphatic carbocycles. The Morgan fingerprint density at radius 2 is 2.29 bits per heavy atom. The van der Waals surface area contributed by atoms with E-state index in [1.807, 2.05) is 0 Å². The van der Waals surface area contributed by atoms with Crippen LogP contribution in [0, 0.1) is 0 Å². The van der Waals surface area contributed by atoms with Crippen LogP contribution in [0.5, 0.6) is 0 Å². The van der Waals surface area contributed by atoms with E-state index in [2.05, 4.69) is 34.4 Å². The summed E-state index contributed by atoms with van der Waals surface area (Å²) >= 11 is 5.90. The number of carbonyl (C=O) groups excluding carboxylic acids is 1. The van der Waals surface area contributed by atoms with Crippen molar-refractivity contribution in [2.45, 2.75) is 6.42 Å². The van der Waals surface area contributed by atoms with Gasteiger partial charge in [0.25, 0.3) is 5.91 Å². The van der Waals surface area contributed by atoms with Gasteiger partial charge in [-0.15, -0.1) is 0 Å². The van der Waals surface area contributed by atoms with E-state index in [9.17, 15) is 4.79 Å². The maximum Gasteiger partial charge on any atom is 0.274 e. The highest BCUT2D eigenvalue weighted by atomic mass is 35.5. The molecule has 1 aliphatic heterocycles. The molecule has 7 heteroatoms. The lowest BCUT2D eigenvalue weighted by Gasteiger charge is -2.26. The summed E-state index contributed by atoms with van der Waals surface area (Å²) in [6.07, 6.45) is 9.40. The summed E-state index contributed by atoms with van der Waals surface area (Å²) in [5, 5.41) is 4.73. The summed E-state index contributed by atoms with van der Waals surface area (Å²) in [5.41, 5.74) is 2.60. The Hall–Kier alpha value is -2.73. The number of nitrogens with zero attached hydrogens (tertiary/aromatic N) is 5. The highest BCUT2D eigenvalue weighted by molar-refractivity contribution is 6.30. The molecule has 0 atom stereocenters. The third-order valence-electron chi connectivity index (χ3n) is 3.71. The molecule has 1 amide bonds. The smallest absolute Gasteiger partial charge is 0.274 e. The van der Waals surface area contributed by atoms with Crippen molar-refractivity contribution in [2.24, 2.45) is 4.99 Å². The molecule has 0 spiro atoms. The number of fused-ring (bicyclic) bond motifs is 1. The summed E-state index contributed by atoms with van der Waals surface area (Å²) in [6, 6.07) is 1.66. The first-order valence-electron chi connectivity index (χ1n) is 7.41. The summed E-state index contributed by atoms with van der Waals surface area (Å²) < 4.78 is 1.50. The molecule has 0 fully saturated rings. The van der Waals surface area contributed by atoms with Crippen molar-refractivity contribution in [2.75, 3.05) is 13.1 Å². The predicted octanol–water partition coefficient (Wildman–Crippen LogP) is 2.93. The van der Waals surface area contributed by atoms with Crippen LogP contribution in [0.15, 0.2) is 59.5 Å². The van der Waals surface area contributed by atoms with Gasteiger partial charge in [-0.3, -0.25) is 9.79 Å². The minimum atomic E-state index is -0.149. The summed E-state index contributed by atoms with van der Waals surface area (Å²) in [6.45, 7) is 8.33. The second-order valence-electron chi connectivity index (χ2n) is 5.29. The molecule has 2 aromatic heterocycles. The number of aromatic nitrogens is 3. The molecule has 0 N–H and O–H groups in total. The molecule has 2 aromatic rings. The molecule has 24 heavy (non-hydrogen) atoms. The van der Waals surface area contributed by atoms with Gasteiger partial charge in [-0.25, -0.2) is 9.50 Å². The van der Waals surface area contributed by atoms with Crippen LogP contribution in [-0.4, -0.2) is 45.2 Å². The van der Waals surface area contributed by atoms with Gasteiger partial charge in [0, 0.05) is 25.4 Å². The van der Waals surface area contributed by atoms with Crippen molar-refractivity contribution >= 4 is 29.9 Å². The molecule has 3 rings (SSSR count). The van der Waals surface area contributed by atoms with Crippen LogP contribution >= 0.6 is 11.6 Å². The minimum absolute atomic E-state index is 0.149. The zero-order valence-corrected chi connectivity index (χ0v) is 13.8. The lowest BCUT2D eigenvalue weighted by atomic mass is 10.1. The van der Waals surface area contributed by atoms with E-state index in [0.717, 1.165) is 17.7 Å². The summed E-state index contributed by atoms with van der Waals surface area (Å²) in [4.78, 5) is 22.6. The number of allylic oxidation sites excluding steroid dienone is 2. The lowest BCUT2D eigenvalue weighted by molar-refractivity contribution is 0.0760. The number of halogens is 1. The molecular formula is C17H16ClN5O. The van der Waals surface area contributed by atoms with Gasteiger partial charge in [-0.2, -0.15) is 5.10 Å². The zero-order chi connectivity index (χ0) is 17.1. The third kappa shape index (κ3) is 3.14. The van der Waals surface area contributed by atoms with Crippen LogP contribution in [0.1, 0.15) is 16.9 Å². The van der Waals surface area contributed by atoms with Gasteiger partial charge in [-0.05, 0) is 24.8 Å². The third-order valence-corrected chi connectivity index (χ3v) is 3.91. The predicted molar refractivity (Wildman–Crippen MR) is 94.4 cm³/mol. The first-order valence-corrected chi connectivity index (χ1v) is 7.79. The number of hydrogen-bond acceptors (Lipinski definition) is 4.